The normalized spacial score (nSPS) is 13.3. The first kappa shape index (κ1) is 15.8. The van der Waals surface area contributed by atoms with E-state index in [1.807, 2.05) is 6.92 Å². The minimum absolute atomic E-state index is 0.272. The molecular weight excluding hydrogens is 244 g/mol. The third-order valence-corrected chi connectivity index (χ3v) is 3.48. The minimum atomic E-state index is -0.424. The van der Waals surface area contributed by atoms with Gasteiger partial charge in [0.2, 0.25) is 5.88 Å². The van der Waals surface area contributed by atoms with E-state index >= 15 is 0 Å². The molecule has 0 aliphatic rings. The van der Waals surface area contributed by atoms with Gasteiger partial charge in [0.15, 0.2) is 0 Å². The van der Waals surface area contributed by atoms with Gasteiger partial charge in [0.05, 0.1) is 18.8 Å². The summed E-state index contributed by atoms with van der Waals surface area (Å²) in [5.41, 5.74) is 3.06. The lowest BCUT2D eigenvalue weighted by Gasteiger charge is -2.38. The van der Waals surface area contributed by atoms with Gasteiger partial charge in [-0.05, 0) is 19.8 Å². The number of hydrogen-bond donors (Lipinski definition) is 2. The van der Waals surface area contributed by atoms with Crippen molar-refractivity contribution >= 4 is 0 Å². The highest BCUT2D eigenvalue weighted by molar-refractivity contribution is 5.24. The Morgan fingerprint density at radius 3 is 2.37 bits per heavy atom. The summed E-state index contributed by atoms with van der Waals surface area (Å²) >= 11 is 0. The summed E-state index contributed by atoms with van der Waals surface area (Å²) in [7, 11) is 1.57. The Kier molecular flexibility index (Phi) is 6.14. The molecule has 0 aliphatic carbocycles. The fourth-order valence-corrected chi connectivity index (χ4v) is 2.40. The van der Waals surface area contributed by atoms with Gasteiger partial charge in [-0.2, -0.15) is 0 Å². The van der Waals surface area contributed by atoms with E-state index in [2.05, 4.69) is 29.2 Å². The summed E-state index contributed by atoms with van der Waals surface area (Å²) in [4.78, 5) is 8.53. The van der Waals surface area contributed by atoms with Crippen LogP contribution in [-0.2, 0) is 4.74 Å². The smallest absolute Gasteiger partial charge is 0.237 e. The summed E-state index contributed by atoms with van der Waals surface area (Å²) in [6.45, 7) is 6.74. The number of rotatable bonds is 8. The molecule has 1 aromatic rings. The zero-order valence-corrected chi connectivity index (χ0v) is 12.1. The summed E-state index contributed by atoms with van der Waals surface area (Å²) in [6, 6.07) is -0.272. The standard InChI is InChI=1S/C13H24N4O2/c1-5-13(6-2,19-7-3)11(17-14)10-12(18-4)16-9-8-15-10/h8-9,11,17H,5-7,14H2,1-4H3. The second-order valence-corrected chi connectivity index (χ2v) is 4.26. The van der Waals surface area contributed by atoms with Crippen molar-refractivity contribution in [3.63, 3.8) is 0 Å². The Hall–Kier alpha value is -1.24. The third-order valence-electron chi connectivity index (χ3n) is 3.48. The third kappa shape index (κ3) is 3.20. The molecule has 0 saturated carbocycles. The highest BCUT2D eigenvalue weighted by Crippen LogP contribution is 2.36. The van der Waals surface area contributed by atoms with E-state index in [0.29, 0.717) is 18.2 Å². The molecule has 19 heavy (non-hydrogen) atoms. The molecule has 0 amide bonds. The van der Waals surface area contributed by atoms with Gasteiger partial charge in [-0.3, -0.25) is 10.8 Å². The minimum Gasteiger partial charge on any atom is -0.480 e. The van der Waals surface area contributed by atoms with Crippen LogP contribution in [0.2, 0.25) is 0 Å². The molecule has 108 valence electrons. The summed E-state index contributed by atoms with van der Waals surface area (Å²) in [5, 5.41) is 0. The molecule has 1 aromatic heterocycles. The van der Waals surface area contributed by atoms with Crippen molar-refractivity contribution in [1.29, 1.82) is 0 Å². The predicted molar refractivity (Wildman–Crippen MR) is 73.6 cm³/mol. The lowest BCUT2D eigenvalue weighted by molar-refractivity contribution is -0.0748. The van der Waals surface area contributed by atoms with Gasteiger partial charge >= 0.3 is 0 Å². The molecule has 0 fully saturated rings. The molecule has 6 nitrogen and oxygen atoms in total. The number of nitrogens with zero attached hydrogens (tertiary/aromatic N) is 2. The lowest BCUT2D eigenvalue weighted by atomic mass is 9.86. The summed E-state index contributed by atoms with van der Waals surface area (Å²) in [5.74, 6) is 6.21. The molecule has 1 rings (SSSR count). The molecule has 0 radical (unpaired) electrons. The topological polar surface area (TPSA) is 82.3 Å². The molecule has 3 N–H and O–H groups in total. The average Bonchev–Trinajstić information content (AvgIpc) is 2.47. The van der Waals surface area contributed by atoms with Crippen LogP contribution in [0.1, 0.15) is 45.3 Å². The monoisotopic (exact) mass is 268 g/mol. The molecule has 0 spiro atoms. The zero-order valence-electron chi connectivity index (χ0n) is 12.1. The van der Waals surface area contributed by atoms with Crippen molar-refractivity contribution < 1.29 is 9.47 Å². The quantitative estimate of drug-likeness (QED) is 0.550. The molecule has 6 heteroatoms. The maximum Gasteiger partial charge on any atom is 0.237 e. The number of hydrazine groups is 1. The lowest BCUT2D eigenvalue weighted by Crippen LogP contribution is -2.48. The first-order chi connectivity index (χ1) is 9.18. The Morgan fingerprint density at radius 1 is 1.26 bits per heavy atom. The first-order valence-electron chi connectivity index (χ1n) is 6.64. The van der Waals surface area contributed by atoms with Crippen LogP contribution in [-0.4, -0.2) is 29.3 Å². The average molecular weight is 268 g/mol. The number of hydrogen-bond acceptors (Lipinski definition) is 6. The van der Waals surface area contributed by atoms with Crippen LogP contribution in [0.5, 0.6) is 5.88 Å². The second-order valence-electron chi connectivity index (χ2n) is 4.26. The van der Waals surface area contributed by atoms with Gasteiger partial charge in [0.25, 0.3) is 0 Å². The zero-order chi connectivity index (χ0) is 14.3. The van der Waals surface area contributed by atoms with Gasteiger partial charge in [-0.1, -0.05) is 13.8 Å². The molecule has 1 atom stereocenters. The van der Waals surface area contributed by atoms with E-state index in [4.69, 9.17) is 15.3 Å². The van der Waals surface area contributed by atoms with Crippen molar-refractivity contribution in [3.05, 3.63) is 18.1 Å². The molecule has 0 saturated heterocycles. The predicted octanol–water partition coefficient (Wildman–Crippen LogP) is 1.58. The van der Waals surface area contributed by atoms with Crippen LogP contribution in [0.3, 0.4) is 0 Å². The van der Waals surface area contributed by atoms with Gasteiger partial charge in [0.1, 0.15) is 5.69 Å². The van der Waals surface area contributed by atoms with Crippen molar-refractivity contribution in [2.45, 2.75) is 45.3 Å². The van der Waals surface area contributed by atoms with Crippen LogP contribution in [0.25, 0.3) is 0 Å². The summed E-state index contributed by atoms with van der Waals surface area (Å²) in [6.07, 6.45) is 4.85. The van der Waals surface area contributed by atoms with Crippen LogP contribution in [0.15, 0.2) is 12.4 Å². The SMILES string of the molecule is CCOC(CC)(CC)C(NN)c1nccnc1OC. The van der Waals surface area contributed by atoms with Crippen LogP contribution in [0, 0.1) is 0 Å². The molecular formula is C13H24N4O2. The van der Waals surface area contributed by atoms with E-state index in [1.54, 1.807) is 19.5 Å². The molecule has 0 aliphatic heterocycles. The van der Waals surface area contributed by atoms with Crippen LogP contribution in [0.4, 0.5) is 0 Å². The van der Waals surface area contributed by atoms with Crippen molar-refractivity contribution in [2.24, 2.45) is 5.84 Å². The largest absolute Gasteiger partial charge is 0.480 e. The summed E-state index contributed by atoms with van der Waals surface area (Å²) < 4.78 is 11.2. The highest BCUT2D eigenvalue weighted by atomic mass is 16.5. The molecule has 1 heterocycles. The Bertz CT molecular complexity index is 383. The second kappa shape index (κ2) is 7.37. The maximum atomic E-state index is 5.97. The maximum absolute atomic E-state index is 5.97. The number of nitrogens with one attached hydrogen (secondary N) is 1. The molecule has 0 bridgehead atoms. The number of nitrogens with two attached hydrogens (primary N) is 1. The van der Waals surface area contributed by atoms with E-state index in [9.17, 15) is 0 Å². The fourth-order valence-electron chi connectivity index (χ4n) is 2.40. The number of aromatic nitrogens is 2. The van der Waals surface area contributed by atoms with Gasteiger partial charge in [-0.15, -0.1) is 0 Å². The fraction of sp³-hybridized carbons (Fsp3) is 0.692. The van der Waals surface area contributed by atoms with Crippen molar-refractivity contribution in [3.8, 4) is 5.88 Å². The van der Waals surface area contributed by atoms with E-state index < -0.39 is 5.60 Å². The number of ether oxygens (including phenoxy) is 2. The molecule has 1 unspecified atom stereocenters. The molecule has 0 aromatic carbocycles. The van der Waals surface area contributed by atoms with E-state index in [0.717, 1.165) is 12.8 Å². The van der Waals surface area contributed by atoms with Crippen LogP contribution < -0.4 is 16.0 Å². The van der Waals surface area contributed by atoms with Gasteiger partial charge in [-0.25, -0.2) is 10.4 Å². The number of methoxy groups -OCH3 is 1. The Balaban J connectivity index is 3.23. The van der Waals surface area contributed by atoms with Crippen molar-refractivity contribution in [1.82, 2.24) is 15.4 Å². The van der Waals surface area contributed by atoms with Crippen molar-refractivity contribution in [2.75, 3.05) is 13.7 Å². The first-order valence-corrected chi connectivity index (χ1v) is 6.64. The van der Waals surface area contributed by atoms with Gasteiger partial charge < -0.3 is 9.47 Å². The Morgan fingerprint density at radius 2 is 1.89 bits per heavy atom. The van der Waals surface area contributed by atoms with Gasteiger partial charge in [0, 0.05) is 19.0 Å². The highest BCUT2D eigenvalue weighted by Gasteiger charge is 2.39. The van der Waals surface area contributed by atoms with E-state index in [1.165, 1.54) is 0 Å². The van der Waals surface area contributed by atoms with Crippen LogP contribution >= 0.6 is 0 Å². The van der Waals surface area contributed by atoms with E-state index in [-0.39, 0.29) is 6.04 Å². The Labute approximate surface area is 114 Å².